The number of likely N-dealkylation sites (tertiary alicyclic amines) is 1. The van der Waals surface area contributed by atoms with E-state index in [0.717, 1.165) is 5.69 Å². The number of amides is 1. The Bertz CT molecular complexity index is 766. The van der Waals surface area contributed by atoms with Crippen LogP contribution in [0, 0.1) is 0 Å². The largest absolute Gasteiger partial charge is 0.347 e. The van der Waals surface area contributed by atoms with Crippen molar-refractivity contribution in [3.63, 3.8) is 0 Å². The number of aromatic nitrogens is 2. The van der Waals surface area contributed by atoms with Gasteiger partial charge in [-0.15, -0.1) is 10.2 Å². The fraction of sp³-hybridized carbons (Fsp3) is 0.389. The van der Waals surface area contributed by atoms with Crippen LogP contribution in [0.3, 0.4) is 0 Å². The summed E-state index contributed by atoms with van der Waals surface area (Å²) in [6.07, 6.45) is 1.37. The summed E-state index contributed by atoms with van der Waals surface area (Å²) in [4.78, 5) is 14.4. The third kappa shape index (κ3) is 3.65. The van der Waals surface area contributed by atoms with Crippen LogP contribution in [-0.2, 0) is 9.47 Å². The van der Waals surface area contributed by atoms with Gasteiger partial charge in [0.15, 0.2) is 17.3 Å². The highest BCUT2D eigenvalue weighted by Gasteiger charge is 2.41. The van der Waals surface area contributed by atoms with Crippen molar-refractivity contribution in [3.8, 4) is 0 Å². The van der Waals surface area contributed by atoms with E-state index in [4.69, 9.17) is 21.1 Å². The number of hydrogen-bond donors (Lipinski definition) is 1. The lowest BCUT2D eigenvalue weighted by Crippen LogP contribution is -2.47. The van der Waals surface area contributed by atoms with Crippen molar-refractivity contribution in [3.05, 3.63) is 47.1 Å². The fourth-order valence-electron chi connectivity index (χ4n) is 3.19. The zero-order chi connectivity index (χ0) is 18.0. The fourth-order valence-corrected chi connectivity index (χ4v) is 3.32. The normalized spacial score (nSPS) is 18.9. The number of halogens is 1. The van der Waals surface area contributed by atoms with Crippen LogP contribution in [0.5, 0.6) is 0 Å². The number of ether oxygens (including phenoxy) is 2. The average molecular weight is 375 g/mol. The summed E-state index contributed by atoms with van der Waals surface area (Å²) >= 11 is 5.87. The van der Waals surface area contributed by atoms with Crippen LogP contribution >= 0.6 is 11.6 Å². The molecule has 2 aromatic rings. The second kappa shape index (κ2) is 7.19. The van der Waals surface area contributed by atoms with Gasteiger partial charge in [-0.1, -0.05) is 11.6 Å². The molecule has 26 heavy (non-hydrogen) atoms. The molecule has 3 heterocycles. The van der Waals surface area contributed by atoms with E-state index < -0.39 is 5.79 Å². The van der Waals surface area contributed by atoms with Gasteiger partial charge in [0.1, 0.15) is 0 Å². The summed E-state index contributed by atoms with van der Waals surface area (Å²) in [5, 5.41) is 11.9. The average Bonchev–Trinajstić information content (AvgIpc) is 3.12. The third-order valence-electron chi connectivity index (χ3n) is 4.63. The topological polar surface area (TPSA) is 76.6 Å². The second-order valence-electron chi connectivity index (χ2n) is 6.34. The van der Waals surface area contributed by atoms with Crippen molar-refractivity contribution in [1.82, 2.24) is 15.1 Å². The highest BCUT2D eigenvalue weighted by atomic mass is 35.5. The molecular formula is C18H19ClN4O3. The van der Waals surface area contributed by atoms with Gasteiger partial charge < -0.3 is 19.7 Å². The Hall–Kier alpha value is -2.22. The third-order valence-corrected chi connectivity index (χ3v) is 4.88. The summed E-state index contributed by atoms with van der Waals surface area (Å²) < 4.78 is 11.4. The van der Waals surface area contributed by atoms with Gasteiger partial charge in [0.25, 0.3) is 5.91 Å². The van der Waals surface area contributed by atoms with E-state index in [1.807, 2.05) is 12.1 Å². The second-order valence-corrected chi connectivity index (χ2v) is 6.77. The first-order valence-corrected chi connectivity index (χ1v) is 8.95. The van der Waals surface area contributed by atoms with Gasteiger partial charge in [0.05, 0.1) is 13.2 Å². The SMILES string of the molecule is O=C(c1ccc(Nc2ccc(Cl)cc2)nn1)N1CCC2(CC1)OCCO2. The van der Waals surface area contributed by atoms with E-state index in [9.17, 15) is 4.79 Å². The lowest BCUT2D eigenvalue weighted by atomic mass is 10.0. The first-order chi connectivity index (χ1) is 12.6. The summed E-state index contributed by atoms with van der Waals surface area (Å²) in [5.41, 5.74) is 1.18. The standard InChI is InChI=1S/C18H19ClN4O3/c19-13-1-3-14(4-2-13)20-16-6-5-15(21-22-16)17(24)23-9-7-18(8-10-23)25-11-12-26-18/h1-6H,7-12H2,(H,20,22). The van der Waals surface area contributed by atoms with Crippen LogP contribution in [0.25, 0.3) is 0 Å². The van der Waals surface area contributed by atoms with Crippen LogP contribution in [-0.4, -0.2) is 53.1 Å². The van der Waals surface area contributed by atoms with Gasteiger partial charge in [-0.05, 0) is 36.4 Å². The Morgan fingerprint density at radius 2 is 1.73 bits per heavy atom. The lowest BCUT2D eigenvalue weighted by molar-refractivity contribution is -0.181. The first kappa shape index (κ1) is 17.2. The Labute approximate surface area is 156 Å². The molecule has 1 amide bonds. The zero-order valence-corrected chi connectivity index (χ0v) is 14.9. The molecule has 0 unspecified atom stereocenters. The van der Waals surface area contributed by atoms with Crippen LogP contribution in [0.15, 0.2) is 36.4 Å². The van der Waals surface area contributed by atoms with Crippen molar-refractivity contribution >= 4 is 29.0 Å². The maximum absolute atomic E-state index is 12.6. The van der Waals surface area contributed by atoms with E-state index in [2.05, 4.69) is 15.5 Å². The molecule has 1 aromatic heterocycles. The molecule has 8 heteroatoms. The van der Waals surface area contributed by atoms with Crippen LogP contribution in [0.4, 0.5) is 11.5 Å². The highest BCUT2D eigenvalue weighted by molar-refractivity contribution is 6.30. The van der Waals surface area contributed by atoms with E-state index in [1.54, 1.807) is 29.2 Å². The van der Waals surface area contributed by atoms with E-state index >= 15 is 0 Å². The molecule has 1 aromatic carbocycles. The summed E-state index contributed by atoms with van der Waals surface area (Å²) in [6.45, 7) is 2.43. The smallest absolute Gasteiger partial charge is 0.274 e. The van der Waals surface area contributed by atoms with E-state index in [-0.39, 0.29) is 5.91 Å². The predicted octanol–water partition coefficient (Wildman–Crippen LogP) is 2.85. The van der Waals surface area contributed by atoms with Gasteiger partial charge in [0, 0.05) is 36.6 Å². The Morgan fingerprint density at radius 1 is 1.04 bits per heavy atom. The molecule has 0 aliphatic carbocycles. The zero-order valence-electron chi connectivity index (χ0n) is 14.2. The van der Waals surface area contributed by atoms with Crippen molar-refractivity contribution in [2.45, 2.75) is 18.6 Å². The number of rotatable bonds is 3. The summed E-state index contributed by atoms with van der Waals surface area (Å²) in [7, 11) is 0. The minimum absolute atomic E-state index is 0.122. The molecule has 2 fully saturated rings. The molecule has 0 atom stereocenters. The number of hydrogen-bond acceptors (Lipinski definition) is 6. The number of carbonyl (C=O) groups excluding carboxylic acids is 1. The number of anilines is 2. The number of benzene rings is 1. The van der Waals surface area contributed by atoms with E-state index in [0.29, 0.717) is 55.7 Å². The molecule has 0 radical (unpaired) electrons. The monoisotopic (exact) mass is 374 g/mol. The molecule has 0 saturated carbocycles. The number of nitrogens with zero attached hydrogens (tertiary/aromatic N) is 3. The minimum atomic E-state index is -0.491. The molecule has 1 N–H and O–H groups in total. The predicted molar refractivity (Wildman–Crippen MR) is 96.5 cm³/mol. The van der Waals surface area contributed by atoms with Gasteiger partial charge in [0.2, 0.25) is 0 Å². The van der Waals surface area contributed by atoms with Gasteiger partial charge in [-0.2, -0.15) is 0 Å². The van der Waals surface area contributed by atoms with Crippen molar-refractivity contribution < 1.29 is 14.3 Å². The maximum atomic E-state index is 12.6. The maximum Gasteiger partial charge on any atom is 0.274 e. The van der Waals surface area contributed by atoms with Crippen LogP contribution in [0.1, 0.15) is 23.3 Å². The number of carbonyl (C=O) groups is 1. The molecule has 2 saturated heterocycles. The number of nitrogens with one attached hydrogen (secondary N) is 1. The van der Waals surface area contributed by atoms with Gasteiger partial charge in [-0.3, -0.25) is 4.79 Å². The minimum Gasteiger partial charge on any atom is -0.347 e. The van der Waals surface area contributed by atoms with E-state index in [1.165, 1.54) is 0 Å². The van der Waals surface area contributed by atoms with Gasteiger partial charge in [-0.25, -0.2) is 0 Å². The van der Waals surface area contributed by atoms with Crippen LogP contribution < -0.4 is 5.32 Å². The lowest BCUT2D eigenvalue weighted by Gasteiger charge is -2.37. The summed E-state index contributed by atoms with van der Waals surface area (Å²) in [5.74, 6) is -0.0490. The first-order valence-electron chi connectivity index (χ1n) is 8.57. The Balaban J connectivity index is 1.37. The van der Waals surface area contributed by atoms with Crippen molar-refractivity contribution in [1.29, 1.82) is 0 Å². The Morgan fingerprint density at radius 3 is 2.35 bits per heavy atom. The van der Waals surface area contributed by atoms with Crippen molar-refractivity contribution in [2.24, 2.45) is 0 Å². The molecule has 7 nitrogen and oxygen atoms in total. The van der Waals surface area contributed by atoms with Crippen LogP contribution in [0.2, 0.25) is 5.02 Å². The molecule has 0 bridgehead atoms. The van der Waals surface area contributed by atoms with Gasteiger partial charge >= 0.3 is 0 Å². The van der Waals surface area contributed by atoms with Crippen molar-refractivity contribution in [2.75, 3.05) is 31.6 Å². The quantitative estimate of drug-likeness (QED) is 0.890. The molecule has 4 rings (SSSR count). The molecule has 2 aliphatic heterocycles. The highest BCUT2D eigenvalue weighted by Crippen LogP contribution is 2.31. The summed E-state index contributed by atoms with van der Waals surface area (Å²) in [6, 6.07) is 10.7. The number of piperidine rings is 1. The Kier molecular flexibility index (Phi) is 4.76. The molecule has 136 valence electrons. The molecule has 1 spiro atoms. The molecular weight excluding hydrogens is 356 g/mol. The molecule has 2 aliphatic rings.